The molecule has 19 heavy (non-hydrogen) atoms. The smallest absolute Gasteiger partial charge is 0.229 e. The first kappa shape index (κ1) is 14.2. The van der Waals surface area contributed by atoms with Crippen molar-refractivity contribution in [3.05, 3.63) is 50.8 Å². The molecule has 2 rings (SSSR count). The summed E-state index contributed by atoms with van der Waals surface area (Å²) in [6, 6.07) is 7.46. The molecule has 0 atom stereocenters. The highest BCUT2D eigenvalue weighted by atomic mass is 79.9. The lowest BCUT2D eigenvalue weighted by molar-refractivity contribution is -0.115. The number of carbonyl (C=O) groups excluding carboxylic acids is 1. The second-order valence-corrected chi connectivity index (χ2v) is 5.33. The van der Waals surface area contributed by atoms with Crippen LogP contribution in [0.3, 0.4) is 0 Å². The number of nitrogens with one attached hydrogen (secondary N) is 1. The van der Waals surface area contributed by atoms with Crippen LogP contribution in [0.1, 0.15) is 5.56 Å². The summed E-state index contributed by atoms with van der Waals surface area (Å²) in [5.41, 5.74) is 0.886. The molecule has 0 fully saturated rings. The van der Waals surface area contributed by atoms with Crippen LogP contribution in [0.4, 0.5) is 5.82 Å². The van der Waals surface area contributed by atoms with Gasteiger partial charge < -0.3 is 5.32 Å². The molecule has 1 amide bonds. The molecule has 0 saturated carbocycles. The van der Waals surface area contributed by atoms with Crippen molar-refractivity contribution >= 4 is 50.9 Å². The zero-order valence-corrected chi connectivity index (χ0v) is 12.6. The van der Waals surface area contributed by atoms with Gasteiger partial charge in [0.15, 0.2) is 11.0 Å². The normalized spacial score (nSPS) is 10.3. The summed E-state index contributed by atoms with van der Waals surface area (Å²) in [4.78, 5) is 19.4. The Balaban J connectivity index is 2.05. The van der Waals surface area contributed by atoms with E-state index < -0.39 is 0 Å². The molecule has 0 aliphatic carbocycles. The summed E-state index contributed by atoms with van der Waals surface area (Å²) in [5, 5.41) is 2.84. The molecule has 1 aromatic heterocycles. The van der Waals surface area contributed by atoms with E-state index >= 15 is 0 Å². The Labute approximate surface area is 128 Å². The number of rotatable bonds is 3. The van der Waals surface area contributed by atoms with Gasteiger partial charge in [-0.15, -0.1) is 0 Å². The number of hydrogen-bond donors (Lipinski definition) is 1. The van der Waals surface area contributed by atoms with Crippen molar-refractivity contribution in [1.29, 1.82) is 0 Å². The number of benzene rings is 1. The van der Waals surface area contributed by atoms with Gasteiger partial charge in [-0.3, -0.25) is 4.79 Å². The van der Waals surface area contributed by atoms with E-state index in [1.54, 1.807) is 0 Å². The Morgan fingerprint density at radius 1 is 1.21 bits per heavy atom. The first-order valence-electron chi connectivity index (χ1n) is 5.26. The topological polar surface area (TPSA) is 54.9 Å². The molecule has 1 aromatic carbocycles. The van der Waals surface area contributed by atoms with Crippen molar-refractivity contribution in [2.45, 2.75) is 6.42 Å². The van der Waals surface area contributed by atoms with E-state index in [4.69, 9.17) is 23.2 Å². The zero-order valence-electron chi connectivity index (χ0n) is 9.53. The summed E-state index contributed by atoms with van der Waals surface area (Å²) in [6.45, 7) is 0. The average Bonchev–Trinajstić information content (AvgIpc) is 2.38. The fraction of sp³-hybridized carbons (Fsp3) is 0.0833. The van der Waals surface area contributed by atoms with Gasteiger partial charge in [0.25, 0.3) is 0 Å². The number of amides is 1. The van der Waals surface area contributed by atoms with Gasteiger partial charge >= 0.3 is 0 Å². The maximum atomic E-state index is 11.8. The molecule has 7 heteroatoms. The number of hydrogen-bond acceptors (Lipinski definition) is 3. The summed E-state index contributed by atoms with van der Waals surface area (Å²) < 4.78 is 0.960. The van der Waals surface area contributed by atoms with Crippen molar-refractivity contribution in [2.24, 2.45) is 0 Å². The van der Waals surface area contributed by atoms with Crippen LogP contribution < -0.4 is 5.32 Å². The van der Waals surface area contributed by atoms with Gasteiger partial charge in [-0.2, -0.15) is 0 Å². The van der Waals surface area contributed by atoms with Crippen molar-refractivity contribution in [1.82, 2.24) is 9.97 Å². The summed E-state index contributed by atoms with van der Waals surface area (Å²) in [7, 11) is 0. The van der Waals surface area contributed by atoms with Gasteiger partial charge in [0, 0.05) is 4.47 Å². The second kappa shape index (κ2) is 6.32. The molecule has 0 bridgehead atoms. The highest BCUT2D eigenvalue weighted by Crippen LogP contribution is 2.25. The van der Waals surface area contributed by atoms with Crippen LogP contribution in [-0.4, -0.2) is 15.9 Å². The Morgan fingerprint density at radius 3 is 2.58 bits per heavy atom. The standard InChI is InChI=1S/C12H8BrCl2N3O/c13-8-3-1-7(2-4-8)5-9(19)18-12-10(14)11(15)16-6-17-12/h1-4,6H,5H2,(H,16,17,18,19). The third-order valence-electron chi connectivity index (χ3n) is 2.28. The fourth-order valence-electron chi connectivity index (χ4n) is 1.40. The lowest BCUT2D eigenvalue weighted by atomic mass is 10.1. The van der Waals surface area contributed by atoms with E-state index in [0.29, 0.717) is 0 Å². The first-order chi connectivity index (χ1) is 9.06. The molecule has 4 nitrogen and oxygen atoms in total. The van der Waals surface area contributed by atoms with Crippen LogP contribution in [-0.2, 0) is 11.2 Å². The monoisotopic (exact) mass is 359 g/mol. The Kier molecular flexibility index (Phi) is 4.74. The van der Waals surface area contributed by atoms with E-state index in [0.717, 1.165) is 10.0 Å². The van der Waals surface area contributed by atoms with E-state index in [1.807, 2.05) is 24.3 Å². The maximum absolute atomic E-state index is 11.8. The average molecular weight is 361 g/mol. The molecule has 1 N–H and O–H groups in total. The Morgan fingerprint density at radius 2 is 1.89 bits per heavy atom. The van der Waals surface area contributed by atoms with Gasteiger partial charge in [0.05, 0.1) is 6.42 Å². The largest absolute Gasteiger partial charge is 0.309 e. The zero-order chi connectivity index (χ0) is 13.8. The minimum atomic E-state index is -0.223. The Bertz CT molecular complexity index is 604. The van der Waals surface area contributed by atoms with Crippen LogP contribution >= 0.6 is 39.1 Å². The van der Waals surface area contributed by atoms with E-state index in [1.165, 1.54) is 6.33 Å². The highest BCUT2D eigenvalue weighted by molar-refractivity contribution is 9.10. The van der Waals surface area contributed by atoms with Crippen molar-refractivity contribution < 1.29 is 4.79 Å². The van der Waals surface area contributed by atoms with Gasteiger partial charge in [0.1, 0.15) is 11.3 Å². The van der Waals surface area contributed by atoms with Crippen LogP contribution in [0.5, 0.6) is 0 Å². The van der Waals surface area contributed by atoms with Crippen LogP contribution in [0.15, 0.2) is 35.1 Å². The number of aromatic nitrogens is 2. The van der Waals surface area contributed by atoms with Gasteiger partial charge in [-0.05, 0) is 17.7 Å². The highest BCUT2D eigenvalue weighted by Gasteiger charge is 2.11. The lowest BCUT2D eigenvalue weighted by Crippen LogP contribution is -2.15. The maximum Gasteiger partial charge on any atom is 0.229 e. The minimum Gasteiger partial charge on any atom is -0.309 e. The third-order valence-corrected chi connectivity index (χ3v) is 3.55. The number of nitrogens with zero attached hydrogens (tertiary/aromatic N) is 2. The van der Waals surface area contributed by atoms with E-state index in [-0.39, 0.29) is 28.3 Å². The summed E-state index contributed by atoms with van der Waals surface area (Å²) in [6.07, 6.45) is 1.47. The molecule has 0 radical (unpaired) electrons. The van der Waals surface area contributed by atoms with Crippen LogP contribution in [0, 0.1) is 0 Å². The molecule has 2 aromatic rings. The van der Waals surface area contributed by atoms with E-state index in [9.17, 15) is 4.79 Å². The third kappa shape index (κ3) is 3.89. The summed E-state index contributed by atoms with van der Waals surface area (Å²) in [5.74, 6) is -0.0113. The molecule has 0 spiro atoms. The minimum absolute atomic E-state index is 0.107. The van der Waals surface area contributed by atoms with Gasteiger partial charge in [-0.1, -0.05) is 51.3 Å². The van der Waals surface area contributed by atoms with Crippen molar-refractivity contribution in [3.8, 4) is 0 Å². The molecule has 98 valence electrons. The molecular formula is C12H8BrCl2N3O. The van der Waals surface area contributed by atoms with Crippen molar-refractivity contribution in [3.63, 3.8) is 0 Å². The quantitative estimate of drug-likeness (QED) is 0.848. The molecule has 0 aliphatic heterocycles. The summed E-state index contributed by atoms with van der Waals surface area (Å²) >= 11 is 15.0. The number of anilines is 1. The molecule has 0 aliphatic rings. The van der Waals surface area contributed by atoms with Gasteiger partial charge in [0.2, 0.25) is 5.91 Å². The Hall–Kier alpha value is -1.17. The second-order valence-electron chi connectivity index (χ2n) is 3.68. The molecule has 0 unspecified atom stereocenters. The lowest BCUT2D eigenvalue weighted by Gasteiger charge is -2.06. The fourth-order valence-corrected chi connectivity index (χ4v) is 1.94. The van der Waals surface area contributed by atoms with Crippen LogP contribution in [0.2, 0.25) is 10.2 Å². The van der Waals surface area contributed by atoms with E-state index in [2.05, 4.69) is 31.2 Å². The predicted octanol–water partition coefficient (Wildman–Crippen LogP) is 3.73. The predicted molar refractivity (Wildman–Crippen MR) is 78.5 cm³/mol. The van der Waals surface area contributed by atoms with Crippen molar-refractivity contribution in [2.75, 3.05) is 5.32 Å². The molecular weight excluding hydrogens is 353 g/mol. The van der Waals surface area contributed by atoms with Crippen LogP contribution in [0.25, 0.3) is 0 Å². The van der Waals surface area contributed by atoms with Gasteiger partial charge in [-0.25, -0.2) is 9.97 Å². The molecule has 1 heterocycles. The number of carbonyl (C=O) groups is 1. The SMILES string of the molecule is O=C(Cc1ccc(Br)cc1)Nc1ncnc(Cl)c1Cl. The number of halogens is 3. The molecule has 0 saturated heterocycles. The first-order valence-corrected chi connectivity index (χ1v) is 6.81.